The molecule has 0 radical (unpaired) electrons. The molecule has 1 fully saturated rings. The standard InChI is InChI=1S/C22H25N7O/c1-12(2)28-20-15(9-24-28)7-16(10-23-20)26-22(30)17-8-19(14-5-6-14)27-21-18(17)11-25-29(21)13(3)4/h7-14H,5-6H2,1-4H3,(H,26,30). The molecule has 0 atom stereocenters. The molecule has 4 aromatic heterocycles. The molecular formula is C22H25N7O. The van der Waals surface area contributed by atoms with Gasteiger partial charge in [0.2, 0.25) is 0 Å². The molecule has 4 heterocycles. The van der Waals surface area contributed by atoms with E-state index >= 15 is 0 Å². The van der Waals surface area contributed by atoms with E-state index in [-0.39, 0.29) is 18.0 Å². The van der Waals surface area contributed by atoms with Crippen LogP contribution in [-0.2, 0) is 0 Å². The Bertz CT molecular complexity index is 1260. The molecule has 30 heavy (non-hydrogen) atoms. The van der Waals surface area contributed by atoms with E-state index in [0.29, 0.717) is 17.2 Å². The topological polar surface area (TPSA) is 90.5 Å². The number of anilines is 1. The lowest BCUT2D eigenvalue weighted by Gasteiger charge is -2.11. The van der Waals surface area contributed by atoms with Gasteiger partial charge in [-0.3, -0.25) is 4.79 Å². The van der Waals surface area contributed by atoms with Gasteiger partial charge in [-0.2, -0.15) is 10.2 Å². The van der Waals surface area contributed by atoms with Crippen molar-refractivity contribution >= 4 is 33.7 Å². The second kappa shape index (κ2) is 6.90. The first-order valence-electron chi connectivity index (χ1n) is 10.4. The molecule has 8 heteroatoms. The van der Waals surface area contributed by atoms with Crippen LogP contribution in [0.5, 0.6) is 0 Å². The Morgan fingerprint density at radius 3 is 2.40 bits per heavy atom. The maximum absolute atomic E-state index is 13.2. The van der Waals surface area contributed by atoms with Gasteiger partial charge in [-0.25, -0.2) is 19.3 Å². The number of amides is 1. The summed E-state index contributed by atoms with van der Waals surface area (Å²) in [6.07, 6.45) is 7.44. The molecule has 1 aliphatic rings. The molecule has 4 aromatic rings. The molecule has 154 valence electrons. The second-order valence-corrected chi connectivity index (χ2v) is 8.56. The molecule has 0 unspecified atom stereocenters. The summed E-state index contributed by atoms with van der Waals surface area (Å²) >= 11 is 0. The van der Waals surface area contributed by atoms with Crippen LogP contribution in [0.25, 0.3) is 22.1 Å². The van der Waals surface area contributed by atoms with Gasteiger partial charge in [0, 0.05) is 29.1 Å². The van der Waals surface area contributed by atoms with Crippen molar-refractivity contribution in [2.45, 2.75) is 58.5 Å². The van der Waals surface area contributed by atoms with E-state index in [1.165, 1.54) is 0 Å². The highest BCUT2D eigenvalue weighted by Crippen LogP contribution is 2.40. The minimum Gasteiger partial charge on any atom is -0.321 e. The van der Waals surface area contributed by atoms with Gasteiger partial charge in [0.25, 0.3) is 5.91 Å². The Balaban J connectivity index is 1.52. The first-order chi connectivity index (χ1) is 14.4. The molecule has 1 amide bonds. The normalized spacial score (nSPS) is 14.3. The third kappa shape index (κ3) is 3.12. The monoisotopic (exact) mass is 403 g/mol. The van der Waals surface area contributed by atoms with E-state index in [2.05, 4.69) is 48.2 Å². The maximum Gasteiger partial charge on any atom is 0.256 e. The number of nitrogens with one attached hydrogen (secondary N) is 1. The third-order valence-electron chi connectivity index (χ3n) is 5.50. The Morgan fingerprint density at radius 1 is 1.00 bits per heavy atom. The SMILES string of the molecule is CC(C)n1ncc2cc(NC(=O)c3cc(C4CC4)nc4c3cnn4C(C)C)cnc21. The Labute approximate surface area is 174 Å². The van der Waals surface area contributed by atoms with E-state index in [9.17, 15) is 4.79 Å². The molecule has 1 aliphatic carbocycles. The molecule has 0 aliphatic heterocycles. The van der Waals surface area contributed by atoms with Gasteiger partial charge in [0.1, 0.15) is 0 Å². The van der Waals surface area contributed by atoms with E-state index in [4.69, 9.17) is 4.98 Å². The average Bonchev–Trinajstić information content (AvgIpc) is 3.32. The van der Waals surface area contributed by atoms with Crippen LogP contribution in [-0.4, -0.2) is 35.4 Å². The fraction of sp³-hybridized carbons (Fsp3) is 0.409. The molecule has 0 saturated heterocycles. The predicted molar refractivity (Wildman–Crippen MR) is 116 cm³/mol. The second-order valence-electron chi connectivity index (χ2n) is 8.56. The summed E-state index contributed by atoms with van der Waals surface area (Å²) in [6, 6.07) is 4.22. The van der Waals surface area contributed by atoms with Crippen molar-refractivity contribution in [3.63, 3.8) is 0 Å². The first kappa shape index (κ1) is 18.7. The van der Waals surface area contributed by atoms with Crippen molar-refractivity contribution in [3.8, 4) is 0 Å². The van der Waals surface area contributed by atoms with E-state index < -0.39 is 0 Å². The molecule has 0 bridgehead atoms. The summed E-state index contributed by atoms with van der Waals surface area (Å²) in [4.78, 5) is 22.6. The maximum atomic E-state index is 13.2. The Hall–Kier alpha value is -3.29. The summed E-state index contributed by atoms with van der Waals surface area (Å²) in [5.74, 6) is 0.265. The van der Waals surface area contributed by atoms with Crippen molar-refractivity contribution in [1.29, 1.82) is 0 Å². The smallest absolute Gasteiger partial charge is 0.256 e. The highest BCUT2D eigenvalue weighted by Gasteiger charge is 2.28. The molecule has 1 saturated carbocycles. The molecule has 5 rings (SSSR count). The van der Waals surface area contributed by atoms with Gasteiger partial charge in [0.05, 0.1) is 35.2 Å². The zero-order valence-corrected chi connectivity index (χ0v) is 17.6. The van der Waals surface area contributed by atoms with Crippen LogP contribution in [0.1, 0.15) is 74.6 Å². The van der Waals surface area contributed by atoms with Crippen LogP contribution in [0.2, 0.25) is 0 Å². The summed E-state index contributed by atoms with van der Waals surface area (Å²) in [7, 11) is 0. The molecular weight excluding hydrogens is 378 g/mol. The fourth-order valence-electron chi connectivity index (χ4n) is 3.78. The van der Waals surface area contributed by atoms with Crippen LogP contribution in [0, 0.1) is 0 Å². The van der Waals surface area contributed by atoms with Crippen molar-refractivity contribution in [1.82, 2.24) is 29.5 Å². The summed E-state index contributed by atoms with van der Waals surface area (Å²) in [5.41, 5.74) is 3.80. The minimum atomic E-state index is -0.176. The van der Waals surface area contributed by atoms with Crippen LogP contribution >= 0.6 is 0 Å². The number of hydrogen-bond donors (Lipinski definition) is 1. The lowest BCUT2D eigenvalue weighted by molar-refractivity contribution is 0.102. The van der Waals surface area contributed by atoms with Crippen LogP contribution in [0.15, 0.2) is 30.7 Å². The van der Waals surface area contributed by atoms with Gasteiger partial charge < -0.3 is 5.32 Å². The number of carbonyl (C=O) groups is 1. The number of nitrogens with zero attached hydrogens (tertiary/aromatic N) is 6. The van der Waals surface area contributed by atoms with E-state index in [0.717, 1.165) is 40.6 Å². The number of rotatable bonds is 5. The zero-order valence-electron chi connectivity index (χ0n) is 17.6. The Morgan fingerprint density at radius 2 is 1.70 bits per heavy atom. The first-order valence-corrected chi connectivity index (χ1v) is 10.4. The highest BCUT2D eigenvalue weighted by atomic mass is 16.1. The van der Waals surface area contributed by atoms with Crippen molar-refractivity contribution in [2.75, 3.05) is 5.32 Å². The average molecular weight is 403 g/mol. The van der Waals surface area contributed by atoms with Gasteiger partial charge in [-0.1, -0.05) is 0 Å². The molecule has 0 aromatic carbocycles. The van der Waals surface area contributed by atoms with Gasteiger partial charge in [-0.15, -0.1) is 0 Å². The van der Waals surface area contributed by atoms with Gasteiger partial charge >= 0.3 is 0 Å². The number of hydrogen-bond acceptors (Lipinski definition) is 5. The lowest BCUT2D eigenvalue weighted by Crippen LogP contribution is -2.14. The van der Waals surface area contributed by atoms with E-state index in [1.807, 2.05) is 21.5 Å². The minimum absolute atomic E-state index is 0.171. The number of fused-ring (bicyclic) bond motifs is 2. The van der Waals surface area contributed by atoms with Crippen molar-refractivity contribution in [2.24, 2.45) is 0 Å². The Kier molecular flexibility index (Phi) is 4.30. The molecule has 0 spiro atoms. The third-order valence-corrected chi connectivity index (χ3v) is 5.50. The highest BCUT2D eigenvalue weighted by molar-refractivity contribution is 6.12. The largest absolute Gasteiger partial charge is 0.321 e. The fourth-order valence-corrected chi connectivity index (χ4v) is 3.78. The van der Waals surface area contributed by atoms with Gasteiger partial charge in [0.15, 0.2) is 11.3 Å². The number of carbonyl (C=O) groups excluding carboxylic acids is 1. The van der Waals surface area contributed by atoms with Crippen LogP contribution in [0.4, 0.5) is 5.69 Å². The lowest BCUT2D eigenvalue weighted by atomic mass is 10.1. The summed E-state index contributed by atoms with van der Waals surface area (Å²) < 4.78 is 3.75. The van der Waals surface area contributed by atoms with Crippen molar-refractivity contribution < 1.29 is 4.79 Å². The molecule has 1 N–H and O–H groups in total. The van der Waals surface area contributed by atoms with Crippen LogP contribution < -0.4 is 5.32 Å². The summed E-state index contributed by atoms with van der Waals surface area (Å²) in [6.45, 7) is 8.26. The number of pyridine rings is 2. The number of aromatic nitrogens is 6. The predicted octanol–water partition coefficient (Wildman–Crippen LogP) is 4.47. The quantitative estimate of drug-likeness (QED) is 0.531. The van der Waals surface area contributed by atoms with E-state index in [1.54, 1.807) is 18.6 Å². The summed E-state index contributed by atoms with van der Waals surface area (Å²) in [5, 5.41) is 13.5. The zero-order chi connectivity index (χ0) is 21.0. The molecule has 8 nitrogen and oxygen atoms in total. The van der Waals surface area contributed by atoms with Crippen LogP contribution in [0.3, 0.4) is 0 Å². The van der Waals surface area contributed by atoms with Crippen molar-refractivity contribution in [3.05, 3.63) is 42.0 Å². The van der Waals surface area contributed by atoms with Gasteiger partial charge in [-0.05, 0) is 52.7 Å².